The van der Waals surface area contributed by atoms with Crippen LogP contribution in [0.2, 0.25) is 0 Å². The van der Waals surface area contributed by atoms with Gasteiger partial charge >= 0.3 is 0 Å². The van der Waals surface area contributed by atoms with Crippen molar-refractivity contribution in [2.24, 2.45) is 0 Å². The molecule has 4 rings (SSSR count). The fourth-order valence-corrected chi connectivity index (χ4v) is 4.97. The van der Waals surface area contributed by atoms with Crippen molar-refractivity contribution < 1.29 is 17.6 Å². The maximum Gasteiger partial charge on any atom is 0.246 e. The molecular weight excluding hydrogens is 392 g/mol. The molecule has 0 atom stereocenters. The summed E-state index contributed by atoms with van der Waals surface area (Å²) >= 11 is 0. The van der Waals surface area contributed by atoms with Crippen molar-refractivity contribution in [1.29, 1.82) is 0 Å². The Kier molecular flexibility index (Phi) is 5.25. The molecule has 2 aromatic heterocycles. The molecule has 9 heteroatoms. The van der Waals surface area contributed by atoms with Crippen LogP contribution in [0.15, 0.2) is 58.1 Å². The van der Waals surface area contributed by atoms with Crippen molar-refractivity contribution in [3.63, 3.8) is 0 Å². The quantitative estimate of drug-likeness (QED) is 0.634. The molecule has 0 N–H and O–H groups in total. The second-order valence-electron chi connectivity index (χ2n) is 6.69. The van der Waals surface area contributed by atoms with E-state index in [0.717, 1.165) is 5.82 Å². The Labute approximate surface area is 169 Å². The van der Waals surface area contributed by atoms with E-state index < -0.39 is 10.0 Å². The van der Waals surface area contributed by atoms with Crippen LogP contribution in [0, 0.1) is 6.92 Å². The Morgan fingerprint density at radius 1 is 1.07 bits per heavy atom. The van der Waals surface area contributed by atoms with Crippen LogP contribution in [0.25, 0.3) is 11.3 Å². The van der Waals surface area contributed by atoms with Crippen LogP contribution in [-0.4, -0.2) is 56.0 Å². The molecule has 29 heavy (non-hydrogen) atoms. The number of hydrogen-bond donors (Lipinski definition) is 0. The molecule has 0 amide bonds. The summed E-state index contributed by atoms with van der Waals surface area (Å²) in [4.78, 5) is 10.6. The van der Waals surface area contributed by atoms with Gasteiger partial charge in [0.05, 0.1) is 13.3 Å². The first-order valence-electron chi connectivity index (χ1n) is 9.26. The standard InChI is InChI=1S/C20H22N4O4S/c1-15-22-14-18(28-15)16-6-7-17(27-2)19(13-16)29(25,26)24-11-9-23(10-12-24)20-5-3-4-8-21-20/h3-8,13-14H,9-12H2,1-2H3. The number of benzene rings is 1. The molecule has 0 aliphatic carbocycles. The highest BCUT2D eigenvalue weighted by Crippen LogP contribution is 2.32. The lowest BCUT2D eigenvalue weighted by atomic mass is 10.2. The summed E-state index contributed by atoms with van der Waals surface area (Å²) in [7, 11) is -2.27. The van der Waals surface area contributed by atoms with Gasteiger partial charge in [-0.1, -0.05) is 6.07 Å². The normalized spacial score (nSPS) is 15.4. The zero-order valence-corrected chi connectivity index (χ0v) is 17.1. The number of rotatable bonds is 5. The average Bonchev–Trinajstić information content (AvgIpc) is 3.20. The molecule has 1 fully saturated rings. The lowest BCUT2D eigenvalue weighted by Crippen LogP contribution is -2.48. The zero-order chi connectivity index (χ0) is 20.4. The molecule has 1 aliphatic rings. The van der Waals surface area contributed by atoms with E-state index in [4.69, 9.17) is 9.15 Å². The molecule has 0 spiro atoms. The predicted octanol–water partition coefficient (Wildman–Crippen LogP) is 2.56. The van der Waals surface area contributed by atoms with E-state index in [1.165, 1.54) is 11.4 Å². The van der Waals surface area contributed by atoms with Crippen molar-refractivity contribution in [3.8, 4) is 17.1 Å². The first-order chi connectivity index (χ1) is 14.0. The Bertz CT molecular complexity index is 1090. The Hall–Kier alpha value is -2.91. The number of pyridine rings is 1. The third kappa shape index (κ3) is 3.83. The number of hydrogen-bond acceptors (Lipinski definition) is 7. The van der Waals surface area contributed by atoms with Crippen molar-refractivity contribution in [3.05, 3.63) is 54.7 Å². The van der Waals surface area contributed by atoms with Crippen molar-refractivity contribution in [1.82, 2.24) is 14.3 Å². The third-order valence-corrected chi connectivity index (χ3v) is 6.82. The van der Waals surface area contributed by atoms with Gasteiger partial charge in [0.15, 0.2) is 11.7 Å². The highest BCUT2D eigenvalue weighted by atomic mass is 32.2. The number of sulfonamides is 1. The van der Waals surface area contributed by atoms with Gasteiger partial charge < -0.3 is 14.1 Å². The van der Waals surface area contributed by atoms with Crippen LogP contribution in [0.3, 0.4) is 0 Å². The largest absolute Gasteiger partial charge is 0.495 e. The first kappa shape index (κ1) is 19.4. The molecule has 1 aromatic carbocycles. The van der Waals surface area contributed by atoms with E-state index in [9.17, 15) is 8.42 Å². The summed E-state index contributed by atoms with van der Waals surface area (Å²) in [5.74, 6) is 2.19. The van der Waals surface area contributed by atoms with E-state index in [1.807, 2.05) is 18.2 Å². The van der Waals surface area contributed by atoms with Gasteiger partial charge in [0.1, 0.15) is 16.5 Å². The molecule has 8 nitrogen and oxygen atoms in total. The number of oxazole rings is 1. The molecule has 1 aliphatic heterocycles. The van der Waals surface area contributed by atoms with E-state index in [2.05, 4.69) is 14.9 Å². The minimum atomic E-state index is -3.73. The van der Waals surface area contributed by atoms with E-state index in [-0.39, 0.29) is 4.90 Å². The minimum Gasteiger partial charge on any atom is -0.495 e. The zero-order valence-electron chi connectivity index (χ0n) is 16.3. The highest BCUT2D eigenvalue weighted by molar-refractivity contribution is 7.89. The molecule has 3 heterocycles. The van der Waals surface area contributed by atoms with Gasteiger partial charge in [0, 0.05) is 44.9 Å². The maximum atomic E-state index is 13.4. The number of ether oxygens (including phenoxy) is 1. The summed E-state index contributed by atoms with van der Waals surface area (Å²) in [5.41, 5.74) is 0.636. The van der Waals surface area contributed by atoms with E-state index >= 15 is 0 Å². The monoisotopic (exact) mass is 414 g/mol. The Morgan fingerprint density at radius 2 is 1.86 bits per heavy atom. The van der Waals surface area contributed by atoms with Gasteiger partial charge in [-0.3, -0.25) is 0 Å². The lowest BCUT2D eigenvalue weighted by Gasteiger charge is -2.34. The summed E-state index contributed by atoms with van der Waals surface area (Å²) < 4.78 is 39.1. The second kappa shape index (κ2) is 7.84. The molecular formula is C20H22N4O4S. The van der Waals surface area contributed by atoms with E-state index in [1.54, 1.807) is 37.5 Å². The minimum absolute atomic E-state index is 0.123. The summed E-state index contributed by atoms with van der Waals surface area (Å²) in [5, 5.41) is 0. The van der Waals surface area contributed by atoms with Gasteiger partial charge in [0.25, 0.3) is 0 Å². The number of anilines is 1. The highest BCUT2D eigenvalue weighted by Gasteiger charge is 2.31. The van der Waals surface area contributed by atoms with Crippen molar-refractivity contribution >= 4 is 15.8 Å². The number of nitrogens with zero attached hydrogens (tertiary/aromatic N) is 4. The number of aromatic nitrogens is 2. The van der Waals surface area contributed by atoms with Crippen LogP contribution < -0.4 is 9.64 Å². The van der Waals surface area contributed by atoms with Crippen LogP contribution in [0.4, 0.5) is 5.82 Å². The van der Waals surface area contributed by atoms with Gasteiger partial charge in [-0.25, -0.2) is 18.4 Å². The summed E-state index contributed by atoms with van der Waals surface area (Å²) in [6.07, 6.45) is 3.32. The Balaban J connectivity index is 1.60. The maximum absolute atomic E-state index is 13.4. The van der Waals surface area contributed by atoms with Gasteiger partial charge in [0.2, 0.25) is 10.0 Å². The second-order valence-corrected chi connectivity index (χ2v) is 8.59. The van der Waals surface area contributed by atoms with Crippen LogP contribution in [0.5, 0.6) is 5.75 Å². The number of methoxy groups -OCH3 is 1. The smallest absolute Gasteiger partial charge is 0.246 e. The Morgan fingerprint density at radius 3 is 2.48 bits per heavy atom. The van der Waals surface area contributed by atoms with Crippen LogP contribution >= 0.6 is 0 Å². The van der Waals surface area contributed by atoms with Crippen LogP contribution in [0.1, 0.15) is 5.89 Å². The molecule has 0 bridgehead atoms. The predicted molar refractivity (Wildman–Crippen MR) is 108 cm³/mol. The molecule has 0 radical (unpaired) electrons. The SMILES string of the molecule is COc1ccc(-c2cnc(C)o2)cc1S(=O)(=O)N1CCN(c2ccccn2)CC1. The first-order valence-corrected chi connectivity index (χ1v) is 10.7. The van der Waals surface area contributed by atoms with Gasteiger partial charge in [-0.15, -0.1) is 0 Å². The number of piperazine rings is 1. The molecule has 3 aromatic rings. The van der Waals surface area contributed by atoms with E-state index in [0.29, 0.717) is 49.1 Å². The van der Waals surface area contributed by atoms with Crippen LogP contribution in [-0.2, 0) is 10.0 Å². The fraction of sp³-hybridized carbons (Fsp3) is 0.300. The van der Waals surface area contributed by atoms with Gasteiger partial charge in [-0.05, 0) is 30.3 Å². The van der Waals surface area contributed by atoms with Crippen molar-refractivity contribution in [2.75, 3.05) is 38.2 Å². The third-order valence-electron chi connectivity index (χ3n) is 4.90. The average molecular weight is 414 g/mol. The molecule has 0 saturated carbocycles. The fourth-order valence-electron chi connectivity index (χ4n) is 3.36. The summed E-state index contributed by atoms with van der Waals surface area (Å²) in [6, 6.07) is 10.7. The molecule has 152 valence electrons. The molecule has 0 unspecified atom stereocenters. The molecule has 1 saturated heterocycles. The topological polar surface area (TPSA) is 88.8 Å². The lowest BCUT2D eigenvalue weighted by molar-refractivity contribution is 0.373. The summed E-state index contributed by atoms with van der Waals surface area (Å²) in [6.45, 7) is 3.62. The van der Waals surface area contributed by atoms with Gasteiger partial charge in [-0.2, -0.15) is 4.31 Å². The van der Waals surface area contributed by atoms with Crippen molar-refractivity contribution in [2.45, 2.75) is 11.8 Å². The number of aryl methyl sites for hydroxylation is 1.